The Morgan fingerprint density at radius 3 is 2.79 bits per heavy atom. The summed E-state index contributed by atoms with van der Waals surface area (Å²) in [5, 5.41) is 11.0. The van der Waals surface area contributed by atoms with Crippen LogP contribution in [0.1, 0.15) is 41.0 Å². The summed E-state index contributed by atoms with van der Waals surface area (Å²) >= 11 is 0. The number of hydrogen-bond acceptors (Lipinski definition) is 6. The third kappa shape index (κ3) is 3.33. The van der Waals surface area contributed by atoms with Crippen LogP contribution in [-0.2, 0) is 16.0 Å². The molecule has 0 spiro atoms. The van der Waals surface area contributed by atoms with Crippen molar-refractivity contribution in [3.05, 3.63) is 28.7 Å². The van der Waals surface area contributed by atoms with Gasteiger partial charge >= 0.3 is 0 Å². The number of amides is 1. The first-order valence-corrected chi connectivity index (χ1v) is 8.12. The zero-order valence-corrected chi connectivity index (χ0v) is 14.5. The second-order valence-electron chi connectivity index (χ2n) is 6.34. The molecule has 8 heteroatoms. The second kappa shape index (κ2) is 6.72. The summed E-state index contributed by atoms with van der Waals surface area (Å²) in [6.45, 7) is 6.72. The molecule has 0 aromatic carbocycles. The SMILES string of the molecule is Cc1nc([C@@H]2CCO[C@@H]2CN(C)C(=O)Cc2c(C)noc2C)n[nH]1. The lowest BCUT2D eigenvalue weighted by Crippen LogP contribution is -2.37. The van der Waals surface area contributed by atoms with Crippen LogP contribution < -0.4 is 0 Å². The molecule has 1 N–H and O–H groups in total. The van der Waals surface area contributed by atoms with Gasteiger partial charge in [0.15, 0.2) is 5.82 Å². The van der Waals surface area contributed by atoms with Crippen molar-refractivity contribution in [1.82, 2.24) is 25.2 Å². The summed E-state index contributed by atoms with van der Waals surface area (Å²) in [5.41, 5.74) is 1.63. The fourth-order valence-corrected chi connectivity index (χ4v) is 3.06. The van der Waals surface area contributed by atoms with Crippen molar-refractivity contribution in [1.29, 1.82) is 0 Å². The Morgan fingerprint density at radius 1 is 1.38 bits per heavy atom. The van der Waals surface area contributed by atoms with Gasteiger partial charge < -0.3 is 14.2 Å². The first-order chi connectivity index (χ1) is 11.5. The molecule has 0 aliphatic carbocycles. The van der Waals surface area contributed by atoms with E-state index >= 15 is 0 Å². The number of likely N-dealkylation sites (N-methyl/N-ethyl adjacent to an activating group) is 1. The van der Waals surface area contributed by atoms with Crippen LogP contribution in [0, 0.1) is 20.8 Å². The van der Waals surface area contributed by atoms with E-state index in [2.05, 4.69) is 20.3 Å². The molecule has 2 aromatic heterocycles. The van der Waals surface area contributed by atoms with Crippen molar-refractivity contribution in [3.63, 3.8) is 0 Å². The van der Waals surface area contributed by atoms with E-state index in [4.69, 9.17) is 9.26 Å². The number of aryl methyl sites for hydroxylation is 3. The molecule has 130 valence electrons. The van der Waals surface area contributed by atoms with Gasteiger partial charge in [0.2, 0.25) is 5.91 Å². The molecular weight excluding hydrogens is 310 g/mol. The number of nitrogens with zero attached hydrogens (tertiary/aromatic N) is 4. The molecule has 3 rings (SSSR count). The highest BCUT2D eigenvalue weighted by molar-refractivity contribution is 5.79. The minimum Gasteiger partial charge on any atom is -0.376 e. The Morgan fingerprint density at radius 2 is 2.17 bits per heavy atom. The van der Waals surface area contributed by atoms with Gasteiger partial charge in [-0.1, -0.05) is 5.16 Å². The predicted octanol–water partition coefficient (Wildman–Crippen LogP) is 1.29. The molecule has 1 fully saturated rings. The average molecular weight is 333 g/mol. The molecule has 0 bridgehead atoms. The first-order valence-electron chi connectivity index (χ1n) is 8.12. The van der Waals surface area contributed by atoms with Crippen molar-refractivity contribution < 1.29 is 14.1 Å². The number of H-pyrrole nitrogens is 1. The molecule has 0 unspecified atom stereocenters. The lowest BCUT2D eigenvalue weighted by Gasteiger charge is -2.23. The van der Waals surface area contributed by atoms with Crippen molar-refractivity contribution in [3.8, 4) is 0 Å². The normalized spacial score (nSPS) is 20.5. The Labute approximate surface area is 140 Å². The standard InChI is InChI=1S/C16H23N5O3/c1-9-13(10(2)24-20-9)7-15(22)21(4)8-14-12(5-6-23-14)16-17-11(3)18-19-16/h12,14H,5-8H2,1-4H3,(H,17,18,19)/t12-,14-/m1/s1. The van der Waals surface area contributed by atoms with Gasteiger partial charge in [-0.15, -0.1) is 0 Å². The van der Waals surface area contributed by atoms with Crippen molar-refractivity contribution >= 4 is 5.91 Å². The van der Waals surface area contributed by atoms with E-state index in [0.29, 0.717) is 18.9 Å². The summed E-state index contributed by atoms with van der Waals surface area (Å²) in [7, 11) is 1.79. The molecule has 0 saturated carbocycles. The van der Waals surface area contributed by atoms with Crippen molar-refractivity contribution in [2.45, 2.75) is 45.6 Å². The van der Waals surface area contributed by atoms with Crippen LogP contribution in [0.15, 0.2) is 4.52 Å². The van der Waals surface area contributed by atoms with Gasteiger partial charge in [0.05, 0.1) is 24.1 Å². The van der Waals surface area contributed by atoms with Crippen LogP contribution in [0.4, 0.5) is 0 Å². The number of nitrogens with one attached hydrogen (secondary N) is 1. The average Bonchev–Trinajstić information content (AvgIpc) is 3.24. The maximum absolute atomic E-state index is 12.5. The van der Waals surface area contributed by atoms with E-state index in [1.807, 2.05) is 20.8 Å². The smallest absolute Gasteiger partial charge is 0.227 e. The number of aromatic amines is 1. The maximum Gasteiger partial charge on any atom is 0.227 e. The van der Waals surface area contributed by atoms with Crippen LogP contribution in [0.2, 0.25) is 0 Å². The number of aromatic nitrogens is 4. The third-order valence-electron chi connectivity index (χ3n) is 4.54. The number of ether oxygens (including phenoxy) is 1. The van der Waals surface area contributed by atoms with E-state index in [0.717, 1.165) is 29.3 Å². The largest absolute Gasteiger partial charge is 0.376 e. The molecule has 24 heavy (non-hydrogen) atoms. The van der Waals surface area contributed by atoms with E-state index < -0.39 is 0 Å². The number of hydrogen-bond donors (Lipinski definition) is 1. The van der Waals surface area contributed by atoms with Crippen LogP contribution in [-0.4, -0.2) is 57.4 Å². The van der Waals surface area contributed by atoms with Gasteiger partial charge in [0, 0.05) is 25.8 Å². The molecule has 3 heterocycles. The molecule has 1 saturated heterocycles. The highest BCUT2D eigenvalue weighted by Gasteiger charge is 2.34. The Hall–Kier alpha value is -2.22. The Bertz CT molecular complexity index is 704. The Balaban J connectivity index is 1.63. The van der Waals surface area contributed by atoms with Gasteiger partial charge in [-0.3, -0.25) is 9.89 Å². The van der Waals surface area contributed by atoms with Crippen LogP contribution in [0.5, 0.6) is 0 Å². The molecule has 2 aromatic rings. The number of carbonyl (C=O) groups excluding carboxylic acids is 1. The Kier molecular flexibility index (Phi) is 4.66. The number of rotatable bonds is 5. The van der Waals surface area contributed by atoms with Crippen LogP contribution >= 0.6 is 0 Å². The summed E-state index contributed by atoms with van der Waals surface area (Å²) in [4.78, 5) is 18.6. The van der Waals surface area contributed by atoms with Crippen molar-refractivity contribution in [2.75, 3.05) is 20.2 Å². The first kappa shape index (κ1) is 16.6. The summed E-state index contributed by atoms with van der Waals surface area (Å²) < 4.78 is 10.9. The van der Waals surface area contributed by atoms with Crippen molar-refractivity contribution in [2.24, 2.45) is 0 Å². The van der Waals surface area contributed by atoms with E-state index in [1.165, 1.54) is 0 Å². The van der Waals surface area contributed by atoms with E-state index in [9.17, 15) is 4.79 Å². The molecule has 2 atom stereocenters. The summed E-state index contributed by atoms with van der Waals surface area (Å²) in [5.74, 6) is 2.38. The second-order valence-corrected chi connectivity index (χ2v) is 6.34. The molecule has 0 radical (unpaired) electrons. The fourth-order valence-electron chi connectivity index (χ4n) is 3.06. The zero-order chi connectivity index (χ0) is 17.3. The summed E-state index contributed by atoms with van der Waals surface area (Å²) in [6.07, 6.45) is 1.07. The minimum absolute atomic E-state index is 0.0183. The number of carbonyl (C=O) groups is 1. The molecular formula is C16H23N5O3. The highest BCUT2D eigenvalue weighted by atomic mass is 16.5. The van der Waals surface area contributed by atoms with Gasteiger partial charge in [0.1, 0.15) is 11.6 Å². The maximum atomic E-state index is 12.5. The molecule has 1 aliphatic heterocycles. The minimum atomic E-state index is -0.0844. The molecule has 1 amide bonds. The monoisotopic (exact) mass is 333 g/mol. The quantitative estimate of drug-likeness (QED) is 0.885. The third-order valence-corrected chi connectivity index (χ3v) is 4.54. The predicted molar refractivity (Wildman–Crippen MR) is 85.5 cm³/mol. The van der Waals surface area contributed by atoms with Gasteiger partial charge in [-0.2, -0.15) is 5.10 Å². The van der Waals surface area contributed by atoms with Gasteiger partial charge in [-0.25, -0.2) is 4.98 Å². The zero-order valence-electron chi connectivity index (χ0n) is 14.5. The summed E-state index contributed by atoms with van der Waals surface area (Å²) in [6, 6.07) is 0. The highest BCUT2D eigenvalue weighted by Crippen LogP contribution is 2.29. The van der Waals surface area contributed by atoms with Crippen LogP contribution in [0.3, 0.4) is 0 Å². The van der Waals surface area contributed by atoms with Gasteiger partial charge in [0.25, 0.3) is 0 Å². The van der Waals surface area contributed by atoms with Gasteiger partial charge in [-0.05, 0) is 27.2 Å². The fraction of sp³-hybridized carbons (Fsp3) is 0.625. The van der Waals surface area contributed by atoms with E-state index in [-0.39, 0.29) is 24.3 Å². The topological polar surface area (TPSA) is 97.1 Å². The van der Waals surface area contributed by atoms with E-state index in [1.54, 1.807) is 11.9 Å². The lowest BCUT2D eigenvalue weighted by molar-refractivity contribution is -0.130. The molecule has 8 nitrogen and oxygen atoms in total. The molecule has 1 aliphatic rings. The van der Waals surface area contributed by atoms with Crippen LogP contribution in [0.25, 0.3) is 0 Å². The lowest BCUT2D eigenvalue weighted by atomic mass is 10.00.